The number of anilines is 2. The third-order valence-electron chi connectivity index (χ3n) is 2.67. The molecule has 1 heterocycles. The van der Waals surface area contributed by atoms with Crippen molar-refractivity contribution >= 4 is 34.8 Å². The first kappa shape index (κ1) is 16.3. The minimum atomic E-state index is -0.290. The summed E-state index contributed by atoms with van der Waals surface area (Å²) in [7, 11) is 0. The zero-order chi connectivity index (χ0) is 14.5. The molecule has 0 bridgehead atoms. The van der Waals surface area contributed by atoms with Crippen LogP contribution in [-0.2, 0) is 0 Å². The van der Waals surface area contributed by atoms with Crippen LogP contribution in [0.4, 0.5) is 11.6 Å². The Morgan fingerprint density at radius 2 is 1.89 bits per heavy atom. The van der Waals surface area contributed by atoms with E-state index in [4.69, 9.17) is 28.3 Å². The van der Waals surface area contributed by atoms with Gasteiger partial charge >= 0.3 is 0 Å². The van der Waals surface area contributed by atoms with E-state index in [0.29, 0.717) is 28.1 Å². The van der Waals surface area contributed by atoms with E-state index in [1.807, 2.05) is 13.8 Å². The largest absolute Gasteiger partial charge is 0.396 e. The molecule has 0 aliphatic rings. The van der Waals surface area contributed by atoms with Gasteiger partial charge in [-0.15, -0.1) is 0 Å². The summed E-state index contributed by atoms with van der Waals surface area (Å²) in [4.78, 5) is 4.41. The Kier molecular flexibility index (Phi) is 6.17. The van der Waals surface area contributed by atoms with Gasteiger partial charge in [0.25, 0.3) is 0 Å². The maximum absolute atomic E-state index is 9.04. The number of aromatic nitrogens is 1. The Balaban J connectivity index is 2.94. The third kappa shape index (κ3) is 5.05. The lowest BCUT2D eigenvalue weighted by molar-refractivity contribution is 0.260. The molecule has 0 atom stereocenters. The van der Waals surface area contributed by atoms with Crippen LogP contribution in [0.1, 0.15) is 33.6 Å². The third-order valence-corrected chi connectivity index (χ3v) is 3.24. The van der Waals surface area contributed by atoms with E-state index < -0.39 is 0 Å². The van der Waals surface area contributed by atoms with Gasteiger partial charge in [0.1, 0.15) is 11.6 Å². The topological polar surface area (TPSA) is 57.2 Å². The van der Waals surface area contributed by atoms with Gasteiger partial charge in [0, 0.05) is 18.7 Å². The summed E-state index contributed by atoms with van der Waals surface area (Å²) in [6.07, 6.45) is 1.59. The van der Waals surface area contributed by atoms with E-state index in [-0.39, 0.29) is 12.1 Å². The van der Waals surface area contributed by atoms with Crippen molar-refractivity contribution in [3.8, 4) is 0 Å². The van der Waals surface area contributed by atoms with Crippen molar-refractivity contribution < 1.29 is 5.11 Å². The first-order chi connectivity index (χ1) is 8.89. The molecule has 0 fully saturated rings. The zero-order valence-corrected chi connectivity index (χ0v) is 13.1. The van der Waals surface area contributed by atoms with Crippen LogP contribution >= 0.6 is 23.2 Å². The predicted octanol–water partition coefficient (Wildman–Crippen LogP) is 3.78. The maximum atomic E-state index is 9.04. The van der Waals surface area contributed by atoms with Crippen molar-refractivity contribution in [1.29, 1.82) is 0 Å². The average molecular weight is 306 g/mol. The van der Waals surface area contributed by atoms with Gasteiger partial charge in [0.05, 0.1) is 10.0 Å². The number of nitrogens with one attached hydrogen (secondary N) is 2. The molecule has 0 saturated heterocycles. The molecule has 3 N–H and O–H groups in total. The summed E-state index contributed by atoms with van der Waals surface area (Å²) in [6.45, 7) is 6.93. The molecular formula is C13H21Cl2N3O. The van der Waals surface area contributed by atoms with E-state index in [9.17, 15) is 0 Å². The first-order valence-electron chi connectivity index (χ1n) is 6.38. The van der Waals surface area contributed by atoms with E-state index >= 15 is 0 Å². The lowest BCUT2D eigenvalue weighted by atomic mass is 10.0. The van der Waals surface area contributed by atoms with Crippen LogP contribution < -0.4 is 10.6 Å². The molecule has 19 heavy (non-hydrogen) atoms. The fraction of sp³-hybridized carbons (Fsp3) is 0.615. The molecule has 108 valence electrons. The molecule has 0 aliphatic heterocycles. The normalized spacial score (nSPS) is 11.5. The Morgan fingerprint density at radius 1 is 1.26 bits per heavy atom. The highest BCUT2D eigenvalue weighted by molar-refractivity contribution is 6.37. The van der Waals surface area contributed by atoms with Crippen molar-refractivity contribution in [2.45, 2.75) is 39.2 Å². The van der Waals surface area contributed by atoms with Crippen molar-refractivity contribution in [3.05, 3.63) is 16.1 Å². The van der Waals surface area contributed by atoms with E-state index in [2.05, 4.69) is 22.5 Å². The van der Waals surface area contributed by atoms with Gasteiger partial charge in [-0.05, 0) is 32.8 Å². The van der Waals surface area contributed by atoms with Crippen molar-refractivity contribution in [2.75, 3.05) is 23.8 Å². The molecule has 0 aromatic carbocycles. The molecule has 0 amide bonds. The van der Waals surface area contributed by atoms with E-state index in [1.165, 1.54) is 0 Å². The number of pyridine rings is 1. The molecule has 0 aliphatic carbocycles. The highest BCUT2D eigenvalue weighted by atomic mass is 35.5. The van der Waals surface area contributed by atoms with Gasteiger partial charge < -0.3 is 15.7 Å². The predicted molar refractivity (Wildman–Crippen MR) is 82.4 cm³/mol. The number of hydrogen-bond acceptors (Lipinski definition) is 4. The van der Waals surface area contributed by atoms with Crippen molar-refractivity contribution in [2.24, 2.45) is 0 Å². The zero-order valence-electron chi connectivity index (χ0n) is 11.6. The number of hydrogen-bond donors (Lipinski definition) is 3. The lowest BCUT2D eigenvalue weighted by Gasteiger charge is -2.27. The molecule has 0 saturated carbocycles. The second-order valence-electron chi connectivity index (χ2n) is 5.06. The number of halogens is 2. The first-order valence-corrected chi connectivity index (χ1v) is 7.14. The fourth-order valence-electron chi connectivity index (χ4n) is 1.58. The number of rotatable bonds is 7. The Hall–Kier alpha value is -0.710. The minimum Gasteiger partial charge on any atom is -0.396 e. The molecule has 0 unspecified atom stereocenters. The molecule has 1 aromatic rings. The Morgan fingerprint density at radius 3 is 2.47 bits per heavy atom. The van der Waals surface area contributed by atoms with Crippen LogP contribution in [0.25, 0.3) is 0 Å². The van der Waals surface area contributed by atoms with E-state index in [0.717, 1.165) is 13.0 Å². The molecule has 0 spiro atoms. The smallest absolute Gasteiger partial charge is 0.147 e. The Labute approximate surface area is 124 Å². The van der Waals surface area contributed by atoms with Gasteiger partial charge in [0.15, 0.2) is 0 Å². The number of nitrogens with zero attached hydrogens (tertiary/aromatic N) is 1. The Bertz CT molecular complexity index is 425. The SMILES string of the molecule is CCCNc1nc(NC(C)(C)CCO)c(Cl)cc1Cl. The van der Waals surface area contributed by atoms with Crippen molar-refractivity contribution in [1.82, 2.24) is 4.98 Å². The number of aliphatic hydroxyl groups excluding tert-OH is 1. The highest BCUT2D eigenvalue weighted by Gasteiger charge is 2.19. The summed E-state index contributed by atoms with van der Waals surface area (Å²) in [5.74, 6) is 1.19. The summed E-state index contributed by atoms with van der Waals surface area (Å²) in [6, 6.07) is 1.67. The second kappa shape index (κ2) is 7.17. The summed E-state index contributed by atoms with van der Waals surface area (Å²) in [5, 5.41) is 16.4. The monoisotopic (exact) mass is 305 g/mol. The molecule has 1 aromatic heterocycles. The van der Waals surface area contributed by atoms with Gasteiger partial charge in [-0.25, -0.2) is 4.98 Å². The van der Waals surface area contributed by atoms with Crippen LogP contribution in [-0.4, -0.2) is 28.8 Å². The van der Waals surface area contributed by atoms with Crippen LogP contribution in [0.5, 0.6) is 0 Å². The van der Waals surface area contributed by atoms with Gasteiger partial charge in [-0.2, -0.15) is 0 Å². The van der Waals surface area contributed by atoms with Crippen LogP contribution in [0, 0.1) is 0 Å². The maximum Gasteiger partial charge on any atom is 0.147 e. The molecule has 6 heteroatoms. The second-order valence-corrected chi connectivity index (χ2v) is 5.87. The standard InChI is InChI=1S/C13H21Cl2N3O/c1-4-6-16-11-9(14)8-10(15)12(17-11)18-13(2,3)5-7-19/h8,19H,4-7H2,1-3H3,(H2,16,17,18). The van der Waals surface area contributed by atoms with Gasteiger partial charge in [-0.3, -0.25) is 0 Å². The lowest BCUT2D eigenvalue weighted by Crippen LogP contribution is -2.32. The quantitative estimate of drug-likeness (QED) is 0.717. The van der Waals surface area contributed by atoms with Crippen LogP contribution in [0.3, 0.4) is 0 Å². The molecule has 0 radical (unpaired) electrons. The fourth-order valence-corrected chi connectivity index (χ4v) is 2.06. The average Bonchev–Trinajstić information content (AvgIpc) is 2.31. The number of aliphatic hydroxyl groups is 1. The minimum absolute atomic E-state index is 0.103. The summed E-state index contributed by atoms with van der Waals surface area (Å²) >= 11 is 12.2. The molecular weight excluding hydrogens is 285 g/mol. The highest BCUT2D eigenvalue weighted by Crippen LogP contribution is 2.31. The van der Waals surface area contributed by atoms with E-state index in [1.54, 1.807) is 6.07 Å². The van der Waals surface area contributed by atoms with Gasteiger partial charge in [0.2, 0.25) is 0 Å². The van der Waals surface area contributed by atoms with Crippen LogP contribution in [0.2, 0.25) is 10.0 Å². The molecule has 4 nitrogen and oxygen atoms in total. The summed E-state index contributed by atoms with van der Waals surface area (Å²) < 4.78 is 0. The van der Waals surface area contributed by atoms with Crippen LogP contribution in [0.15, 0.2) is 6.07 Å². The van der Waals surface area contributed by atoms with Gasteiger partial charge in [-0.1, -0.05) is 30.1 Å². The summed E-state index contributed by atoms with van der Waals surface area (Å²) in [5.41, 5.74) is -0.290. The van der Waals surface area contributed by atoms with Crippen molar-refractivity contribution in [3.63, 3.8) is 0 Å². The molecule has 1 rings (SSSR count).